The van der Waals surface area contributed by atoms with Gasteiger partial charge < -0.3 is 19.9 Å². The molecule has 1 aliphatic heterocycles. The molecule has 1 aliphatic rings. The lowest BCUT2D eigenvalue weighted by Crippen LogP contribution is -2.47. The molecule has 1 fully saturated rings. The predicted molar refractivity (Wildman–Crippen MR) is 109 cm³/mol. The molecule has 2 aromatic heterocycles. The van der Waals surface area contributed by atoms with Crippen molar-refractivity contribution in [2.75, 3.05) is 48.4 Å². The first-order chi connectivity index (χ1) is 14.2. The molecule has 1 amide bonds. The van der Waals surface area contributed by atoms with E-state index in [-0.39, 0.29) is 5.91 Å². The summed E-state index contributed by atoms with van der Waals surface area (Å²) >= 11 is 0. The molecule has 1 N–H and O–H groups in total. The number of carbonyl (C=O) groups excluding carboxylic acids is 1. The maximum atomic E-state index is 12.6. The number of aromatic nitrogens is 4. The van der Waals surface area contributed by atoms with Crippen molar-refractivity contribution in [3.8, 4) is 5.75 Å². The number of carbonyl (C=O) groups is 1. The fourth-order valence-corrected chi connectivity index (χ4v) is 3.13. The summed E-state index contributed by atoms with van der Waals surface area (Å²) in [6.45, 7) is 3.07. The average molecular weight is 391 g/mol. The van der Waals surface area contributed by atoms with E-state index in [0.717, 1.165) is 37.9 Å². The van der Waals surface area contributed by atoms with Crippen LogP contribution in [0.25, 0.3) is 0 Å². The van der Waals surface area contributed by atoms with Crippen LogP contribution in [0.4, 0.5) is 17.5 Å². The van der Waals surface area contributed by atoms with E-state index in [0.29, 0.717) is 17.1 Å². The molecule has 0 bridgehead atoms. The number of rotatable bonds is 5. The van der Waals surface area contributed by atoms with Crippen molar-refractivity contribution < 1.29 is 9.53 Å². The minimum absolute atomic E-state index is 0.293. The highest BCUT2D eigenvalue weighted by atomic mass is 16.5. The quantitative estimate of drug-likeness (QED) is 0.704. The van der Waals surface area contributed by atoms with Crippen LogP contribution in [0.2, 0.25) is 0 Å². The van der Waals surface area contributed by atoms with E-state index in [1.165, 1.54) is 6.33 Å². The van der Waals surface area contributed by atoms with Crippen LogP contribution >= 0.6 is 0 Å². The standard InChI is InChI=1S/C20H21N7O2/c1-29-16-5-2-4-15(12-16)25-19(28)17-13-18(24-14-23-17)26-8-10-27(11-9-26)20-21-6-3-7-22-20/h2-7,12-14H,8-11H2,1H3,(H,25,28). The Morgan fingerprint density at radius 3 is 2.48 bits per heavy atom. The Hall–Kier alpha value is -3.75. The summed E-state index contributed by atoms with van der Waals surface area (Å²) in [6.07, 6.45) is 4.90. The molecule has 29 heavy (non-hydrogen) atoms. The molecule has 0 atom stereocenters. The summed E-state index contributed by atoms with van der Waals surface area (Å²) in [7, 11) is 1.58. The monoisotopic (exact) mass is 391 g/mol. The fraction of sp³-hybridized carbons (Fsp3) is 0.250. The number of nitrogens with one attached hydrogen (secondary N) is 1. The first kappa shape index (κ1) is 18.6. The normalized spacial score (nSPS) is 13.8. The van der Waals surface area contributed by atoms with Crippen molar-refractivity contribution in [2.24, 2.45) is 0 Å². The molecule has 0 radical (unpaired) electrons. The van der Waals surface area contributed by atoms with Crippen LogP contribution in [0.5, 0.6) is 5.75 Å². The molecule has 3 heterocycles. The highest BCUT2D eigenvalue weighted by Crippen LogP contribution is 2.19. The van der Waals surface area contributed by atoms with Crippen molar-refractivity contribution in [2.45, 2.75) is 0 Å². The van der Waals surface area contributed by atoms with Gasteiger partial charge in [0.2, 0.25) is 5.95 Å². The summed E-state index contributed by atoms with van der Waals surface area (Å²) < 4.78 is 5.18. The Bertz CT molecular complexity index is 975. The van der Waals surface area contributed by atoms with E-state index in [9.17, 15) is 4.79 Å². The predicted octanol–water partition coefficient (Wildman–Crippen LogP) is 1.85. The van der Waals surface area contributed by atoms with E-state index >= 15 is 0 Å². The molecule has 1 aromatic carbocycles. The molecule has 9 nitrogen and oxygen atoms in total. The molecular formula is C20H21N7O2. The number of benzene rings is 1. The number of methoxy groups -OCH3 is 1. The van der Waals surface area contributed by atoms with Crippen molar-refractivity contribution in [3.05, 3.63) is 60.8 Å². The Morgan fingerprint density at radius 1 is 0.966 bits per heavy atom. The number of anilines is 3. The zero-order valence-corrected chi connectivity index (χ0v) is 16.0. The second-order valence-corrected chi connectivity index (χ2v) is 6.47. The SMILES string of the molecule is COc1cccc(NC(=O)c2cc(N3CCN(c4ncccn4)CC3)ncn2)c1. The van der Waals surface area contributed by atoms with Gasteiger partial charge in [0.25, 0.3) is 5.91 Å². The van der Waals surface area contributed by atoms with Gasteiger partial charge in [-0.15, -0.1) is 0 Å². The summed E-state index contributed by atoms with van der Waals surface area (Å²) in [5, 5.41) is 2.84. The van der Waals surface area contributed by atoms with E-state index in [4.69, 9.17) is 4.74 Å². The average Bonchev–Trinajstić information content (AvgIpc) is 2.80. The lowest BCUT2D eigenvalue weighted by molar-refractivity contribution is 0.102. The Labute approximate surface area is 168 Å². The number of ether oxygens (including phenoxy) is 1. The number of amides is 1. The molecule has 4 rings (SSSR count). The summed E-state index contributed by atoms with van der Waals surface area (Å²) in [6, 6.07) is 10.7. The Balaban J connectivity index is 1.41. The third kappa shape index (κ3) is 4.40. The second-order valence-electron chi connectivity index (χ2n) is 6.47. The molecule has 148 valence electrons. The topological polar surface area (TPSA) is 96.4 Å². The van der Waals surface area contributed by atoms with Crippen LogP contribution in [0, 0.1) is 0 Å². The maximum Gasteiger partial charge on any atom is 0.274 e. The Morgan fingerprint density at radius 2 is 1.72 bits per heavy atom. The second kappa shape index (κ2) is 8.51. The molecule has 0 aliphatic carbocycles. The minimum Gasteiger partial charge on any atom is -0.497 e. The van der Waals surface area contributed by atoms with Gasteiger partial charge in [0.15, 0.2) is 0 Å². The van der Waals surface area contributed by atoms with Crippen molar-refractivity contribution in [1.29, 1.82) is 0 Å². The van der Waals surface area contributed by atoms with Gasteiger partial charge in [0.05, 0.1) is 7.11 Å². The Kier molecular flexibility index (Phi) is 5.46. The summed E-state index contributed by atoms with van der Waals surface area (Å²) in [5.74, 6) is 1.84. The van der Waals surface area contributed by atoms with E-state index in [1.807, 2.05) is 12.1 Å². The van der Waals surface area contributed by atoms with Gasteiger partial charge in [-0.25, -0.2) is 19.9 Å². The van der Waals surface area contributed by atoms with Crippen LogP contribution in [-0.4, -0.2) is 59.1 Å². The van der Waals surface area contributed by atoms with Crippen molar-refractivity contribution in [3.63, 3.8) is 0 Å². The number of hydrogen-bond donors (Lipinski definition) is 1. The van der Waals surface area contributed by atoms with Crippen LogP contribution in [0.1, 0.15) is 10.5 Å². The smallest absolute Gasteiger partial charge is 0.274 e. The number of hydrogen-bond acceptors (Lipinski definition) is 8. The van der Waals surface area contributed by atoms with Gasteiger partial charge in [-0.1, -0.05) is 6.07 Å². The first-order valence-corrected chi connectivity index (χ1v) is 9.27. The van der Waals surface area contributed by atoms with Crippen LogP contribution in [-0.2, 0) is 0 Å². The van der Waals surface area contributed by atoms with Crippen LogP contribution in [0.15, 0.2) is 55.1 Å². The number of nitrogens with zero attached hydrogens (tertiary/aromatic N) is 6. The molecular weight excluding hydrogens is 370 g/mol. The third-order valence-electron chi connectivity index (χ3n) is 4.65. The van der Waals surface area contributed by atoms with E-state index < -0.39 is 0 Å². The van der Waals surface area contributed by atoms with Gasteiger partial charge in [0.1, 0.15) is 23.6 Å². The molecule has 1 saturated heterocycles. The minimum atomic E-state index is -0.293. The zero-order chi connectivity index (χ0) is 20.1. The van der Waals surface area contributed by atoms with Crippen LogP contribution in [0.3, 0.4) is 0 Å². The van der Waals surface area contributed by atoms with Crippen molar-refractivity contribution >= 4 is 23.4 Å². The molecule has 9 heteroatoms. The van der Waals surface area contributed by atoms with Gasteiger partial charge in [-0.3, -0.25) is 4.79 Å². The highest BCUT2D eigenvalue weighted by Gasteiger charge is 2.21. The summed E-state index contributed by atoms with van der Waals surface area (Å²) in [4.78, 5) is 33.9. The molecule has 0 unspecified atom stereocenters. The highest BCUT2D eigenvalue weighted by molar-refractivity contribution is 6.03. The van der Waals surface area contributed by atoms with E-state index in [1.54, 1.807) is 43.8 Å². The maximum absolute atomic E-state index is 12.6. The molecule has 0 spiro atoms. The first-order valence-electron chi connectivity index (χ1n) is 9.27. The third-order valence-corrected chi connectivity index (χ3v) is 4.65. The largest absolute Gasteiger partial charge is 0.497 e. The molecule has 0 saturated carbocycles. The lowest BCUT2D eigenvalue weighted by Gasteiger charge is -2.35. The van der Waals surface area contributed by atoms with Crippen molar-refractivity contribution in [1.82, 2.24) is 19.9 Å². The van der Waals surface area contributed by atoms with Gasteiger partial charge in [-0.2, -0.15) is 0 Å². The lowest BCUT2D eigenvalue weighted by atomic mass is 10.2. The van der Waals surface area contributed by atoms with E-state index in [2.05, 4.69) is 35.1 Å². The van der Waals surface area contributed by atoms with Gasteiger partial charge in [-0.05, 0) is 18.2 Å². The van der Waals surface area contributed by atoms with Gasteiger partial charge in [0, 0.05) is 56.4 Å². The number of piperazine rings is 1. The summed E-state index contributed by atoms with van der Waals surface area (Å²) in [5.41, 5.74) is 0.956. The fourth-order valence-electron chi connectivity index (χ4n) is 3.13. The zero-order valence-electron chi connectivity index (χ0n) is 16.0. The van der Waals surface area contributed by atoms with Crippen LogP contribution < -0.4 is 19.9 Å². The molecule has 3 aromatic rings. The van der Waals surface area contributed by atoms with Gasteiger partial charge >= 0.3 is 0 Å².